The maximum absolute atomic E-state index is 2.52. The van der Waals surface area contributed by atoms with Gasteiger partial charge in [-0.1, -0.05) is 166 Å². The smallest absolute Gasteiger partial charge is 0.0748 e. The Balaban J connectivity index is 1.23. The van der Waals surface area contributed by atoms with Gasteiger partial charge in [0.25, 0.3) is 0 Å². The van der Waals surface area contributed by atoms with Crippen LogP contribution < -0.4 is 0 Å². The Hall–Kier alpha value is -6.44. The molecule has 1 aliphatic carbocycles. The van der Waals surface area contributed by atoms with E-state index in [1.54, 1.807) is 0 Å². The molecule has 9 aromatic rings. The summed E-state index contributed by atoms with van der Waals surface area (Å²) in [6, 6.07) is 70.3. The second-order valence-electron chi connectivity index (χ2n) is 15.3. The first-order valence-corrected chi connectivity index (χ1v) is 18.7. The molecule has 1 aromatic heterocycles. The van der Waals surface area contributed by atoms with Gasteiger partial charge < -0.3 is 4.57 Å². The Labute approximate surface area is 310 Å². The van der Waals surface area contributed by atoms with Gasteiger partial charge in [0.15, 0.2) is 0 Å². The molecule has 0 saturated carbocycles. The zero-order valence-electron chi connectivity index (χ0n) is 29.8. The zero-order valence-corrected chi connectivity index (χ0v) is 29.8. The third kappa shape index (κ3) is 4.08. The summed E-state index contributed by atoms with van der Waals surface area (Å²) in [6.45, 7) is 4.84. The number of nitrogens with zero attached hydrogens (tertiary/aromatic N) is 1. The highest BCUT2D eigenvalue weighted by molar-refractivity contribution is 6.12. The lowest BCUT2D eigenvalue weighted by atomic mass is 9.53. The van der Waals surface area contributed by atoms with Crippen molar-refractivity contribution < 1.29 is 0 Å². The lowest BCUT2D eigenvalue weighted by Gasteiger charge is -2.50. The minimum absolute atomic E-state index is 0.237. The van der Waals surface area contributed by atoms with E-state index in [0.717, 1.165) is 0 Å². The SMILES string of the molecule is CC1(C)c2ccccc2C2(c3ccccc3-n3c4ccccc4c4cccc2c43)c2ccc(-c3cc(-c4ccccc4)cc(-c4ccccc4)c3)cc21. The van der Waals surface area contributed by atoms with Crippen molar-refractivity contribution in [1.29, 1.82) is 0 Å². The van der Waals surface area contributed by atoms with Crippen LogP contribution in [-0.4, -0.2) is 4.57 Å². The van der Waals surface area contributed by atoms with Gasteiger partial charge in [-0.15, -0.1) is 0 Å². The summed E-state index contributed by atoms with van der Waals surface area (Å²) >= 11 is 0. The van der Waals surface area contributed by atoms with Crippen molar-refractivity contribution >= 4 is 21.8 Å². The summed E-state index contributed by atoms with van der Waals surface area (Å²) in [7, 11) is 0. The van der Waals surface area contributed by atoms with Gasteiger partial charge in [0, 0.05) is 16.2 Å². The van der Waals surface area contributed by atoms with Gasteiger partial charge in [-0.3, -0.25) is 0 Å². The van der Waals surface area contributed by atoms with Gasteiger partial charge in [0.05, 0.1) is 22.1 Å². The minimum Gasteiger partial charge on any atom is -0.309 e. The number of aromatic nitrogens is 1. The highest BCUT2D eigenvalue weighted by Crippen LogP contribution is 2.60. The molecule has 2 heterocycles. The average Bonchev–Trinajstić information content (AvgIpc) is 3.57. The number of hydrogen-bond donors (Lipinski definition) is 0. The Bertz CT molecular complexity index is 2850. The molecule has 0 bridgehead atoms. The van der Waals surface area contributed by atoms with E-state index in [9.17, 15) is 0 Å². The Kier molecular flexibility index (Phi) is 6.29. The molecule has 0 saturated heterocycles. The molecule has 1 nitrogen and oxygen atoms in total. The summed E-state index contributed by atoms with van der Waals surface area (Å²) in [4.78, 5) is 0. The van der Waals surface area contributed by atoms with Crippen LogP contribution in [0.25, 0.3) is 60.9 Å². The Morgan fingerprint density at radius 2 is 0.868 bits per heavy atom. The predicted octanol–water partition coefficient (Wildman–Crippen LogP) is 13.1. The molecule has 1 spiro atoms. The van der Waals surface area contributed by atoms with Crippen molar-refractivity contribution in [2.75, 3.05) is 0 Å². The molecule has 2 aliphatic rings. The maximum atomic E-state index is 2.52. The van der Waals surface area contributed by atoms with E-state index in [1.807, 2.05) is 0 Å². The molecule has 1 unspecified atom stereocenters. The molecule has 1 heteroatoms. The van der Waals surface area contributed by atoms with Crippen LogP contribution in [0.1, 0.15) is 47.2 Å². The van der Waals surface area contributed by atoms with E-state index >= 15 is 0 Å². The van der Waals surface area contributed by atoms with E-state index in [2.05, 4.69) is 206 Å². The lowest BCUT2D eigenvalue weighted by Crippen LogP contribution is -2.44. The molecule has 53 heavy (non-hydrogen) atoms. The summed E-state index contributed by atoms with van der Waals surface area (Å²) in [6.07, 6.45) is 0. The van der Waals surface area contributed by atoms with Crippen molar-refractivity contribution in [3.05, 3.63) is 221 Å². The highest BCUT2D eigenvalue weighted by Gasteiger charge is 2.52. The zero-order chi connectivity index (χ0) is 35.3. The Morgan fingerprint density at radius 3 is 1.58 bits per heavy atom. The van der Waals surface area contributed by atoms with Crippen LogP contribution in [0, 0.1) is 0 Å². The van der Waals surface area contributed by atoms with Gasteiger partial charge in [-0.25, -0.2) is 0 Å². The van der Waals surface area contributed by atoms with Crippen LogP contribution in [0.3, 0.4) is 0 Å². The average molecular weight is 676 g/mol. The molecule has 8 aromatic carbocycles. The number of benzene rings is 8. The van der Waals surface area contributed by atoms with E-state index in [1.165, 1.54) is 94.3 Å². The van der Waals surface area contributed by atoms with Gasteiger partial charge in [0.1, 0.15) is 0 Å². The summed E-state index contributed by atoms with van der Waals surface area (Å²) in [5.41, 5.74) is 18.6. The predicted molar refractivity (Wildman–Crippen MR) is 221 cm³/mol. The topological polar surface area (TPSA) is 4.93 Å². The molecule has 0 N–H and O–H groups in total. The van der Waals surface area contributed by atoms with E-state index in [4.69, 9.17) is 0 Å². The van der Waals surface area contributed by atoms with Crippen LogP contribution >= 0.6 is 0 Å². The first-order chi connectivity index (χ1) is 26.0. The fourth-order valence-corrected chi connectivity index (χ4v) is 9.88. The quantitative estimate of drug-likeness (QED) is 0.176. The largest absolute Gasteiger partial charge is 0.309 e. The normalized spacial score (nSPS) is 16.3. The molecular formula is C52H37N. The minimum atomic E-state index is -0.498. The summed E-state index contributed by atoms with van der Waals surface area (Å²) < 4.78 is 2.52. The molecule has 1 atom stereocenters. The van der Waals surface area contributed by atoms with E-state index < -0.39 is 5.41 Å². The summed E-state index contributed by atoms with van der Waals surface area (Å²) in [5.74, 6) is 0. The second-order valence-corrected chi connectivity index (χ2v) is 15.3. The second kappa shape index (κ2) is 11.0. The van der Waals surface area contributed by atoms with Crippen molar-refractivity contribution in [3.63, 3.8) is 0 Å². The van der Waals surface area contributed by atoms with E-state index in [0.29, 0.717) is 0 Å². The van der Waals surface area contributed by atoms with Crippen LogP contribution in [-0.2, 0) is 10.8 Å². The van der Waals surface area contributed by atoms with Crippen molar-refractivity contribution in [2.24, 2.45) is 0 Å². The molecule has 11 rings (SSSR count). The Morgan fingerprint density at radius 1 is 0.340 bits per heavy atom. The number of rotatable bonds is 3. The van der Waals surface area contributed by atoms with Crippen molar-refractivity contribution in [1.82, 2.24) is 4.57 Å². The van der Waals surface area contributed by atoms with Crippen molar-refractivity contribution in [3.8, 4) is 39.1 Å². The molecular weight excluding hydrogens is 639 g/mol. The van der Waals surface area contributed by atoms with Crippen LogP contribution in [0.15, 0.2) is 188 Å². The maximum Gasteiger partial charge on any atom is 0.0748 e. The molecule has 250 valence electrons. The van der Waals surface area contributed by atoms with Gasteiger partial charge >= 0.3 is 0 Å². The van der Waals surface area contributed by atoms with Gasteiger partial charge in [0.2, 0.25) is 0 Å². The first-order valence-electron chi connectivity index (χ1n) is 18.7. The first kappa shape index (κ1) is 30.2. The van der Waals surface area contributed by atoms with E-state index in [-0.39, 0.29) is 5.41 Å². The van der Waals surface area contributed by atoms with Crippen LogP contribution in [0.2, 0.25) is 0 Å². The van der Waals surface area contributed by atoms with Gasteiger partial charge in [-0.05, 0) is 103 Å². The molecule has 0 fully saturated rings. The molecule has 0 radical (unpaired) electrons. The number of hydrogen-bond acceptors (Lipinski definition) is 0. The fraction of sp³-hybridized carbons (Fsp3) is 0.0769. The van der Waals surface area contributed by atoms with Crippen molar-refractivity contribution in [2.45, 2.75) is 24.7 Å². The third-order valence-corrected chi connectivity index (χ3v) is 12.2. The lowest BCUT2D eigenvalue weighted by molar-refractivity contribution is 0.556. The summed E-state index contributed by atoms with van der Waals surface area (Å²) in [5, 5.41) is 2.60. The van der Waals surface area contributed by atoms with Crippen LogP contribution in [0.5, 0.6) is 0 Å². The highest BCUT2D eigenvalue weighted by atomic mass is 15.0. The number of fused-ring (bicyclic) bond motifs is 11. The third-order valence-electron chi connectivity index (χ3n) is 12.2. The number of para-hydroxylation sites is 3. The van der Waals surface area contributed by atoms with Gasteiger partial charge in [-0.2, -0.15) is 0 Å². The molecule has 0 amide bonds. The monoisotopic (exact) mass is 675 g/mol. The fourth-order valence-electron chi connectivity index (χ4n) is 9.88. The molecule has 1 aliphatic heterocycles. The van der Waals surface area contributed by atoms with Crippen LogP contribution in [0.4, 0.5) is 0 Å². The standard InChI is InChI=1S/C52H37N/c1-51(2)42-22-10-11-23-43(42)52(45-24-12-14-27-49(45)53-48-26-13-9-20-40(48)41-21-15-25-46(52)50(41)53)44-29-28-36(33-47(44)51)39-31-37(34-16-5-3-6-17-34)30-38(32-39)35-18-7-4-8-19-35/h3-33H,1-2H3.